The Hall–Kier alpha value is -3.27. The van der Waals surface area contributed by atoms with Gasteiger partial charge in [-0.3, -0.25) is 14.9 Å². The number of piperazine rings is 2. The molecule has 1 aromatic carbocycles. The predicted molar refractivity (Wildman–Crippen MR) is 113 cm³/mol. The Morgan fingerprint density at radius 2 is 1.43 bits per heavy atom. The average Bonchev–Trinajstić information content (AvgIpc) is 2.79. The number of anilines is 2. The van der Waals surface area contributed by atoms with Crippen molar-refractivity contribution < 1.29 is 9.72 Å². The van der Waals surface area contributed by atoms with Crippen LogP contribution in [0.4, 0.5) is 17.3 Å². The van der Waals surface area contributed by atoms with E-state index in [-0.39, 0.29) is 11.6 Å². The van der Waals surface area contributed by atoms with Crippen molar-refractivity contribution in [2.45, 2.75) is 0 Å². The lowest BCUT2D eigenvalue weighted by molar-refractivity contribution is -0.384. The van der Waals surface area contributed by atoms with E-state index in [2.05, 4.69) is 31.7 Å². The van der Waals surface area contributed by atoms with Crippen LogP contribution in [0, 0.1) is 10.1 Å². The van der Waals surface area contributed by atoms with Crippen molar-refractivity contribution in [2.24, 2.45) is 0 Å². The molecule has 10 nitrogen and oxygen atoms in total. The van der Waals surface area contributed by atoms with E-state index in [1.807, 2.05) is 6.07 Å². The van der Waals surface area contributed by atoms with Crippen LogP contribution in [0.15, 0.2) is 36.7 Å². The summed E-state index contributed by atoms with van der Waals surface area (Å²) in [7, 11) is 2.13. The average molecular weight is 411 g/mol. The van der Waals surface area contributed by atoms with Crippen molar-refractivity contribution >= 4 is 23.2 Å². The van der Waals surface area contributed by atoms with E-state index < -0.39 is 4.92 Å². The molecule has 0 spiro atoms. The number of hydrogen-bond acceptors (Lipinski definition) is 8. The largest absolute Gasteiger partial charge is 0.354 e. The number of likely N-dealkylation sites (N-methyl/N-ethyl adjacent to an activating group) is 1. The van der Waals surface area contributed by atoms with Crippen molar-refractivity contribution in [3.8, 4) is 0 Å². The Morgan fingerprint density at radius 1 is 0.900 bits per heavy atom. The molecule has 0 unspecified atom stereocenters. The highest BCUT2D eigenvalue weighted by atomic mass is 16.6. The van der Waals surface area contributed by atoms with Gasteiger partial charge in [0, 0.05) is 76.1 Å². The van der Waals surface area contributed by atoms with E-state index in [9.17, 15) is 14.9 Å². The van der Waals surface area contributed by atoms with Crippen molar-refractivity contribution in [2.75, 3.05) is 69.2 Å². The van der Waals surface area contributed by atoms with E-state index >= 15 is 0 Å². The van der Waals surface area contributed by atoms with Gasteiger partial charge < -0.3 is 19.6 Å². The maximum atomic E-state index is 12.7. The molecule has 0 radical (unpaired) electrons. The van der Waals surface area contributed by atoms with E-state index in [0.29, 0.717) is 31.7 Å². The number of rotatable bonds is 4. The van der Waals surface area contributed by atoms with Gasteiger partial charge in [-0.25, -0.2) is 9.97 Å². The second-order valence-corrected chi connectivity index (χ2v) is 7.61. The fourth-order valence-corrected chi connectivity index (χ4v) is 3.77. The molecular weight excluding hydrogens is 386 g/mol. The zero-order valence-corrected chi connectivity index (χ0v) is 17.0. The van der Waals surface area contributed by atoms with Gasteiger partial charge >= 0.3 is 0 Å². The molecule has 2 saturated heterocycles. The van der Waals surface area contributed by atoms with Gasteiger partial charge in [0.25, 0.3) is 11.6 Å². The number of nitro benzene ring substituents is 1. The Labute approximate surface area is 174 Å². The van der Waals surface area contributed by atoms with Gasteiger partial charge in [-0.1, -0.05) is 0 Å². The van der Waals surface area contributed by atoms with Crippen LogP contribution in [-0.2, 0) is 0 Å². The maximum absolute atomic E-state index is 12.7. The van der Waals surface area contributed by atoms with Gasteiger partial charge in [0.2, 0.25) is 0 Å². The zero-order chi connectivity index (χ0) is 21.1. The summed E-state index contributed by atoms with van der Waals surface area (Å²) in [6, 6.07) is 7.78. The van der Waals surface area contributed by atoms with E-state index in [1.54, 1.807) is 11.2 Å². The summed E-state index contributed by atoms with van der Waals surface area (Å²) in [5.74, 6) is 1.71. The van der Waals surface area contributed by atoms with Crippen molar-refractivity contribution in [3.63, 3.8) is 0 Å². The van der Waals surface area contributed by atoms with E-state index in [1.165, 1.54) is 24.3 Å². The Kier molecular flexibility index (Phi) is 5.75. The molecule has 0 bridgehead atoms. The number of hydrogen-bond donors (Lipinski definition) is 0. The number of benzene rings is 1. The lowest BCUT2D eigenvalue weighted by atomic mass is 10.1. The molecule has 0 aliphatic carbocycles. The molecule has 1 amide bonds. The number of carbonyl (C=O) groups excluding carboxylic acids is 1. The van der Waals surface area contributed by atoms with Gasteiger partial charge in [0.1, 0.15) is 18.0 Å². The van der Waals surface area contributed by atoms with Crippen LogP contribution >= 0.6 is 0 Å². The minimum absolute atomic E-state index is 0.0173. The summed E-state index contributed by atoms with van der Waals surface area (Å²) in [4.78, 5) is 40.4. The maximum Gasteiger partial charge on any atom is 0.269 e. The monoisotopic (exact) mass is 411 g/mol. The molecule has 0 atom stereocenters. The minimum atomic E-state index is -0.467. The summed E-state index contributed by atoms with van der Waals surface area (Å²) in [5, 5.41) is 10.8. The predicted octanol–water partition coefficient (Wildman–Crippen LogP) is 1.10. The third kappa shape index (κ3) is 4.33. The van der Waals surface area contributed by atoms with Crippen LogP contribution in [0.3, 0.4) is 0 Å². The molecule has 30 heavy (non-hydrogen) atoms. The number of nitro groups is 1. The van der Waals surface area contributed by atoms with Crippen LogP contribution in [0.2, 0.25) is 0 Å². The lowest BCUT2D eigenvalue weighted by Crippen LogP contribution is -2.49. The summed E-state index contributed by atoms with van der Waals surface area (Å²) >= 11 is 0. The van der Waals surface area contributed by atoms with Gasteiger partial charge in [0.15, 0.2) is 0 Å². The highest BCUT2D eigenvalue weighted by Crippen LogP contribution is 2.21. The third-order valence-electron chi connectivity index (χ3n) is 5.68. The second-order valence-electron chi connectivity index (χ2n) is 7.61. The molecule has 2 aliphatic heterocycles. The van der Waals surface area contributed by atoms with Gasteiger partial charge in [-0.2, -0.15) is 0 Å². The molecule has 10 heteroatoms. The molecular formula is C20H25N7O3. The minimum Gasteiger partial charge on any atom is -0.354 e. The zero-order valence-electron chi connectivity index (χ0n) is 17.0. The molecule has 0 saturated carbocycles. The molecule has 2 aliphatic rings. The number of aromatic nitrogens is 2. The molecule has 2 fully saturated rings. The summed E-state index contributed by atoms with van der Waals surface area (Å²) in [6.45, 7) is 6.43. The highest BCUT2D eigenvalue weighted by Gasteiger charge is 2.24. The topological polar surface area (TPSA) is 99.0 Å². The van der Waals surface area contributed by atoms with Gasteiger partial charge in [-0.05, 0) is 19.2 Å². The number of nitrogens with zero attached hydrogens (tertiary/aromatic N) is 7. The smallest absolute Gasteiger partial charge is 0.269 e. The molecule has 158 valence electrons. The van der Waals surface area contributed by atoms with Crippen molar-refractivity contribution in [1.82, 2.24) is 19.8 Å². The third-order valence-corrected chi connectivity index (χ3v) is 5.68. The Balaban J connectivity index is 1.37. The van der Waals surface area contributed by atoms with Crippen molar-refractivity contribution in [3.05, 3.63) is 52.3 Å². The first-order valence-electron chi connectivity index (χ1n) is 10.1. The summed E-state index contributed by atoms with van der Waals surface area (Å²) in [5.41, 5.74) is 0.449. The summed E-state index contributed by atoms with van der Waals surface area (Å²) < 4.78 is 0. The fraction of sp³-hybridized carbons (Fsp3) is 0.450. The van der Waals surface area contributed by atoms with Crippen LogP contribution in [0.5, 0.6) is 0 Å². The molecule has 0 N–H and O–H groups in total. The van der Waals surface area contributed by atoms with Crippen LogP contribution < -0.4 is 9.80 Å². The second kappa shape index (κ2) is 8.62. The molecule has 4 rings (SSSR count). The SMILES string of the molecule is CN1CCN(c2cc(N3CCN(C(=O)c4ccc([N+](=O)[O-])cc4)CC3)ncn2)CC1. The normalized spacial score (nSPS) is 17.8. The standard InChI is InChI=1S/C20H25N7O3/c1-23-6-8-24(9-7-23)18-14-19(22-15-21-18)25-10-12-26(13-11-25)20(28)16-2-4-17(5-3-16)27(29)30/h2-5,14-15H,6-13H2,1H3. The number of non-ortho nitro benzene ring substituents is 1. The van der Waals surface area contributed by atoms with Crippen LogP contribution in [-0.4, -0.2) is 90.0 Å². The molecule has 2 aromatic rings. The first-order chi connectivity index (χ1) is 14.5. The van der Waals surface area contributed by atoms with Crippen LogP contribution in [0.1, 0.15) is 10.4 Å². The van der Waals surface area contributed by atoms with Crippen LogP contribution in [0.25, 0.3) is 0 Å². The van der Waals surface area contributed by atoms with E-state index in [0.717, 1.165) is 37.8 Å². The Bertz CT molecular complexity index is 905. The first-order valence-corrected chi connectivity index (χ1v) is 10.1. The molecule has 3 heterocycles. The first kappa shape index (κ1) is 20.0. The quantitative estimate of drug-likeness (QED) is 0.545. The van der Waals surface area contributed by atoms with Gasteiger partial charge in [0.05, 0.1) is 4.92 Å². The van der Waals surface area contributed by atoms with Gasteiger partial charge in [-0.15, -0.1) is 0 Å². The highest BCUT2D eigenvalue weighted by molar-refractivity contribution is 5.94. The lowest BCUT2D eigenvalue weighted by Gasteiger charge is -2.36. The number of carbonyl (C=O) groups is 1. The summed E-state index contributed by atoms with van der Waals surface area (Å²) in [6.07, 6.45) is 1.61. The fourth-order valence-electron chi connectivity index (χ4n) is 3.77. The van der Waals surface area contributed by atoms with E-state index in [4.69, 9.17) is 0 Å². The molecule has 1 aromatic heterocycles. The van der Waals surface area contributed by atoms with Crippen molar-refractivity contribution in [1.29, 1.82) is 0 Å². The number of amides is 1. The Morgan fingerprint density at radius 3 is 1.97 bits per heavy atom.